The number of rotatable bonds is 8. The fourth-order valence-electron chi connectivity index (χ4n) is 3.66. The van der Waals surface area contributed by atoms with Gasteiger partial charge in [-0.15, -0.1) is 0 Å². The third-order valence-corrected chi connectivity index (χ3v) is 7.39. The highest BCUT2D eigenvalue weighted by Crippen LogP contribution is 2.26. The highest BCUT2D eigenvalue weighted by Gasteiger charge is 2.35. The van der Waals surface area contributed by atoms with Crippen molar-refractivity contribution in [3.05, 3.63) is 84.9 Å². The summed E-state index contributed by atoms with van der Waals surface area (Å²) in [5, 5.41) is 0.620. The van der Waals surface area contributed by atoms with E-state index in [2.05, 4.69) is 9.98 Å². The number of thioether (sulfide) groups is 2. The topological polar surface area (TPSA) is 118 Å². The van der Waals surface area contributed by atoms with E-state index in [-0.39, 0.29) is 36.5 Å². The Labute approximate surface area is 238 Å². The SMILES string of the molecule is O=C(COc1ccc(OCC(=O)N2C(=O)CSC2=Nc2ccccc2)cc1)N1C(=O)CSC1=Nc1ccccc1. The van der Waals surface area contributed by atoms with Gasteiger partial charge in [0.2, 0.25) is 11.8 Å². The second-order valence-corrected chi connectivity index (χ2v) is 10.2. The second-order valence-electron chi connectivity index (χ2n) is 8.33. The lowest BCUT2D eigenvalue weighted by atomic mass is 10.3. The van der Waals surface area contributed by atoms with Crippen molar-refractivity contribution in [3.8, 4) is 11.5 Å². The van der Waals surface area contributed by atoms with E-state index in [4.69, 9.17) is 9.47 Å². The normalized spacial score (nSPS) is 17.1. The summed E-state index contributed by atoms with van der Waals surface area (Å²) in [6.45, 7) is -0.728. The number of carbonyl (C=O) groups is 4. The molecule has 0 spiro atoms. The fraction of sp³-hybridized carbons (Fsp3) is 0.143. The smallest absolute Gasteiger partial charge is 0.273 e. The van der Waals surface area contributed by atoms with Crippen molar-refractivity contribution in [2.24, 2.45) is 9.98 Å². The number of hydrogen-bond donors (Lipinski definition) is 0. The van der Waals surface area contributed by atoms with Crippen molar-refractivity contribution in [2.75, 3.05) is 24.7 Å². The molecule has 2 saturated heterocycles. The minimum absolute atomic E-state index is 0.128. The van der Waals surface area contributed by atoms with Crippen LogP contribution in [-0.4, -0.2) is 68.5 Å². The molecule has 12 heteroatoms. The summed E-state index contributed by atoms with van der Waals surface area (Å²) in [7, 11) is 0. The average molecular weight is 575 g/mol. The molecule has 2 aliphatic heterocycles. The summed E-state index contributed by atoms with van der Waals surface area (Å²) in [4.78, 5) is 61.0. The molecule has 2 aliphatic rings. The molecule has 2 heterocycles. The Morgan fingerprint density at radius 3 is 1.38 bits per heavy atom. The number of hydrogen-bond acceptors (Lipinski definition) is 10. The molecule has 2 fully saturated rings. The van der Waals surface area contributed by atoms with Crippen molar-refractivity contribution in [1.29, 1.82) is 0 Å². The number of amidine groups is 2. The van der Waals surface area contributed by atoms with Crippen LogP contribution in [0.2, 0.25) is 0 Å². The lowest BCUT2D eigenvalue weighted by Crippen LogP contribution is -2.39. The minimum atomic E-state index is -0.531. The molecule has 5 rings (SSSR count). The Morgan fingerprint density at radius 2 is 1.00 bits per heavy atom. The number of imide groups is 2. The molecular formula is C28H22N4O6S2. The molecule has 0 saturated carbocycles. The van der Waals surface area contributed by atoms with Crippen LogP contribution in [0.15, 0.2) is 94.9 Å². The molecule has 3 aromatic carbocycles. The molecule has 0 aromatic heterocycles. The van der Waals surface area contributed by atoms with Gasteiger partial charge in [0.1, 0.15) is 11.5 Å². The van der Waals surface area contributed by atoms with Gasteiger partial charge in [0.25, 0.3) is 11.8 Å². The third-order valence-electron chi connectivity index (χ3n) is 5.54. The Morgan fingerprint density at radius 1 is 0.625 bits per heavy atom. The molecule has 0 bridgehead atoms. The van der Waals surface area contributed by atoms with Crippen molar-refractivity contribution < 1.29 is 28.7 Å². The first-order chi connectivity index (χ1) is 19.5. The van der Waals surface area contributed by atoms with Crippen molar-refractivity contribution in [3.63, 3.8) is 0 Å². The lowest BCUT2D eigenvalue weighted by Gasteiger charge is -2.15. The predicted octanol–water partition coefficient (Wildman–Crippen LogP) is 4.02. The summed E-state index contributed by atoms with van der Waals surface area (Å²) in [5.41, 5.74) is 1.28. The number of nitrogens with zero attached hydrogens (tertiary/aromatic N) is 4. The monoisotopic (exact) mass is 574 g/mol. The lowest BCUT2D eigenvalue weighted by molar-refractivity contribution is -0.140. The van der Waals surface area contributed by atoms with Crippen LogP contribution in [0, 0.1) is 0 Å². The molecule has 202 valence electrons. The van der Waals surface area contributed by atoms with E-state index in [1.165, 1.54) is 23.5 Å². The summed E-state index contributed by atoms with van der Waals surface area (Å²) < 4.78 is 11.1. The standard InChI is InChI=1S/C28H22N4O6S2/c33-23(31-25(35)17-39-27(31)29-19-7-3-1-4-8-19)15-37-21-11-13-22(14-12-21)38-16-24(34)32-26(36)18-40-28(32)30-20-9-5-2-6-10-20/h1-14H,15-18H2. The zero-order valence-corrected chi connectivity index (χ0v) is 22.6. The minimum Gasteiger partial charge on any atom is -0.484 e. The largest absolute Gasteiger partial charge is 0.484 e. The zero-order valence-electron chi connectivity index (χ0n) is 21.0. The first-order valence-corrected chi connectivity index (χ1v) is 14.1. The van der Waals surface area contributed by atoms with Crippen LogP contribution in [0.4, 0.5) is 11.4 Å². The molecule has 0 aliphatic carbocycles. The van der Waals surface area contributed by atoms with E-state index in [9.17, 15) is 19.2 Å². The Hall–Kier alpha value is -4.42. The summed E-state index contributed by atoms with van der Waals surface area (Å²) in [5.74, 6) is -0.768. The van der Waals surface area contributed by atoms with Crippen LogP contribution < -0.4 is 9.47 Å². The first-order valence-electron chi connectivity index (χ1n) is 12.1. The molecule has 0 unspecified atom stereocenters. The van der Waals surface area contributed by atoms with Gasteiger partial charge in [0.05, 0.1) is 22.9 Å². The van der Waals surface area contributed by atoms with Crippen molar-refractivity contribution >= 4 is 68.9 Å². The van der Waals surface area contributed by atoms with E-state index < -0.39 is 11.8 Å². The number of carbonyl (C=O) groups excluding carboxylic acids is 4. The van der Waals surface area contributed by atoms with Gasteiger partial charge in [-0.25, -0.2) is 19.8 Å². The highest BCUT2D eigenvalue weighted by atomic mass is 32.2. The van der Waals surface area contributed by atoms with Gasteiger partial charge >= 0.3 is 0 Å². The molecule has 0 atom stereocenters. The predicted molar refractivity (Wildman–Crippen MR) is 153 cm³/mol. The molecule has 40 heavy (non-hydrogen) atoms. The van der Waals surface area contributed by atoms with Crippen LogP contribution in [0.25, 0.3) is 0 Å². The molecule has 0 radical (unpaired) electrons. The van der Waals surface area contributed by atoms with E-state index in [1.54, 1.807) is 48.5 Å². The van der Waals surface area contributed by atoms with Gasteiger partial charge in [0.15, 0.2) is 23.5 Å². The van der Waals surface area contributed by atoms with Crippen LogP contribution >= 0.6 is 23.5 Å². The van der Waals surface area contributed by atoms with Gasteiger partial charge in [-0.3, -0.25) is 19.2 Å². The highest BCUT2D eigenvalue weighted by molar-refractivity contribution is 8.15. The second kappa shape index (κ2) is 12.6. The molecule has 10 nitrogen and oxygen atoms in total. The molecule has 4 amide bonds. The maximum Gasteiger partial charge on any atom is 0.273 e. The van der Waals surface area contributed by atoms with Gasteiger partial charge in [-0.1, -0.05) is 59.9 Å². The average Bonchev–Trinajstić information content (AvgIpc) is 3.53. The fourth-order valence-corrected chi connectivity index (χ4v) is 5.43. The molecule has 3 aromatic rings. The molecule has 0 N–H and O–H groups in total. The van der Waals surface area contributed by atoms with Gasteiger partial charge < -0.3 is 9.47 Å². The van der Waals surface area contributed by atoms with E-state index in [0.717, 1.165) is 9.80 Å². The summed E-state index contributed by atoms with van der Waals surface area (Å²) in [6.07, 6.45) is 0. The number of aliphatic imine (C=N–C) groups is 2. The Kier molecular flexibility index (Phi) is 8.57. The Balaban J connectivity index is 1.14. The maximum atomic E-state index is 12.7. The van der Waals surface area contributed by atoms with E-state index in [0.29, 0.717) is 33.2 Å². The summed E-state index contributed by atoms with van der Waals surface area (Å²) >= 11 is 2.39. The number of amides is 4. The number of ether oxygens (including phenoxy) is 2. The molecular weight excluding hydrogens is 552 g/mol. The summed E-state index contributed by atoms with van der Waals surface area (Å²) in [6, 6.07) is 24.4. The Bertz CT molecular complexity index is 1370. The first kappa shape index (κ1) is 27.2. The quantitative estimate of drug-likeness (QED) is 0.396. The van der Waals surface area contributed by atoms with Crippen LogP contribution in [0.3, 0.4) is 0 Å². The number of para-hydroxylation sites is 2. The van der Waals surface area contributed by atoms with Gasteiger partial charge in [-0.05, 0) is 48.5 Å². The van der Waals surface area contributed by atoms with Crippen LogP contribution in [0.1, 0.15) is 0 Å². The van der Waals surface area contributed by atoms with Crippen molar-refractivity contribution in [2.45, 2.75) is 0 Å². The third kappa shape index (κ3) is 6.58. The van der Waals surface area contributed by atoms with Crippen LogP contribution in [-0.2, 0) is 19.2 Å². The van der Waals surface area contributed by atoms with E-state index in [1.807, 2.05) is 36.4 Å². The van der Waals surface area contributed by atoms with E-state index >= 15 is 0 Å². The van der Waals surface area contributed by atoms with Gasteiger partial charge in [-0.2, -0.15) is 0 Å². The van der Waals surface area contributed by atoms with Gasteiger partial charge in [0, 0.05) is 0 Å². The van der Waals surface area contributed by atoms with Crippen molar-refractivity contribution in [1.82, 2.24) is 9.80 Å². The van der Waals surface area contributed by atoms with Crippen LogP contribution in [0.5, 0.6) is 11.5 Å². The zero-order chi connectivity index (χ0) is 27.9. The maximum absolute atomic E-state index is 12.7. The number of benzene rings is 3.